The number of aromatic carboxylic acids is 1. The fraction of sp³-hybridized carbons (Fsp3) is 0.333. The number of hydrogen-bond donors (Lipinski definition) is 2. The van der Waals surface area contributed by atoms with E-state index in [1.807, 2.05) is 30.3 Å². The standard InChI is InChI=1S/C15H21N3O2Si/c1-21(2,3)10-9-12-13(15(19)20)14(16)17-18(12)11-7-5-4-6-8-11/h4-8H,9-10H2,1-3H3,(H2,16,17)(H,19,20). The predicted molar refractivity (Wildman–Crippen MR) is 86.8 cm³/mol. The van der Waals surface area contributed by atoms with Gasteiger partial charge >= 0.3 is 5.97 Å². The molecule has 0 fully saturated rings. The Bertz CT molecular complexity index is 645. The van der Waals surface area contributed by atoms with Crippen LogP contribution in [-0.2, 0) is 6.42 Å². The van der Waals surface area contributed by atoms with Gasteiger partial charge in [-0.05, 0) is 18.6 Å². The van der Waals surface area contributed by atoms with Crippen molar-refractivity contribution in [2.45, 2.75) is 32.1 Å². The molecular formula is C15H21N3O2Si. The lowest BCUT2D eigenvalue weighted by Crippen LogP contribution is -2.21. The molecule has 6 heteroatoms. The van der Waals surface area contributed by atoms with Gasteiger partial charge in [-0.25, -0.2) is 9.48 Å². The number of aromatic nitrogens is 2. The Hall–Kier alpha value is -2.08. The first-order valence-electron chi connectivity index (χ1n) is 6.96. The molecule has 0 unspecified atom stereocenters. The normalized spacial score (nSPS) is 11.6. The van der Waals surface area contributed by atoms with Crippen molar-refractivity contribution in [1.82, 2.24) is 9.78 Å². The number of nitrogens with zero attached hydrogens (tertiary/aromatic N) is 2. The molecule has 0 spiro atoms. The van der Waals surface area contributed by atoms with Crippen molar-refractivity contribution in [1.29, 1.82) is 0 Å². The molecule has 2 rings (SSSR count). The average molecular weight is 303 g/mol. The van der Waals surface area contributed by atoms with Crippen LogP contribution in [0, 0.1) is 0 Å². The highest BCUT2D eigenvalue weighted by molar-refractivity contribution is 6.76. The summed E-state index contributed by atoms with van der Waals surface area (Å²) in [5.74, 6) is -0.933. The lowest BCUT2D eigenvalue weighted by atomic mass is 10.2. The van der Waals surface area contributed by atoms with Gasteiger partial charge in [0.25, 0.3) is 0 Å². The van der Waals surface area contributed by atoms with E-state index in [0.29, 0.717) is 12.1 Å². The van der Waals surface area contributed by atoms with E-state index in [2.05, 4.69) is 24.7 Å². The van der Waals surface area contributed by atoms with E-state index in [1.54, 1.807) is 4.68 Å². The van der Waals surface area contributed by atoms with Crippen LogP contribution in [0.2, 0.25) is 25.7 Å². The number of hydrogen-bond acceptors (Lipinski definition) is 3. The van der Waals surface area contributed by atoms with E-state index in [0.717, 1.165) is 11.7 Å². The van der Waals surface area contributed by atoms with Crippen molar-refractivity contribution in [3.8, 4) is 5.69 Å². The van der Waals surface area contributed by atoms with Gasteiger partial charge in [-0.1, -0.05) is 43.9 Å². The van der Waals surface area contributed by atoms with Crippen molar-refractivity contribution >= 4 is 19.9 Å². The first-order chi connectivity index (χ1) is 9.79. The topological polar surface area (TPSA) is 81.1 Å². The van der Waals surface area contributed by atoms with Crippen LogP contribution in [0.3, 0.4) is 0 Å². The highest BCUT2D eigenvalue weighted by atomic mass is 28.3. The van der Waals surface area contributed by atoms with E-state index >= 15 is 0 Å². The fourth-order valence-electron chi connectivity index (χ4n) is 2.21. The minimum absolute atomic E-state index is 0.0805. The Balaban J connectivity index is 2.50. The molecule has 0 bridgehead atoms. The van der Waals surface area contributed by atoms with Gasteiger partial charge in [0.2, 0.25) is 0 Å². The quantitative estimate of drug-likeness (QED) is 0.832. The van der Waals surface area contributed by atoms with E-state index in [9.17, 15) is 9.90 Å². The molecule has 0 aliphatic carbocycles. The van der Waals surface area contributed by atoms with E-state index in [4.69, 9.17) is 5.73 Å². The lowest BCUT2D eigenvalue weighted by Gasteiger charge is -2.16. The zero-order chi connectivity index (χ0) is 15.6. The summed E-state index contributed by atoms with van der Waals surface area (Å²) in [7, 11) is -1.29. The lowest BCUT2D eigenvalue weighted by molar-refractivity contribution is 0.0697. The molecule has 112 valence electrons. The zero-order valence-electron chi connectivity index (χ0n) is 12.6. The average Bonchev–Trinajstić information content (AvgIpc) is 2.73. The Morgan fingerprint density at radius 1 is 1.29 bits per heavy atom. The molecule has 0 aliphatic heterocycles. The summed E-state index contributed by atoms with van der Waals surface area (Å²) in [4.78, 5) is 11.5. The summed E-state index contributed by atoms with van der Waals surface area (Å²) in [6.07, 6.45) is 0.677. The SMILES string of the molecule is C[Si](C)(C)CCc1c(C(=O)O)c(N)nn1-c1ccccc1. The molecule has 0 radical (unpaired) electrons. The molecular weight excluding hydrogens is 282 g/mol. The number of nitrogen functional groups attached to an aromatic ring is 1. The first-order valence-corrected chi connectivity index (χ1v) is 10.7. The van der Waals surface area contributed by atoms with Crippen LogP contribution in [0.5, 0.6) is 0 Å². The third kappa shape index (κ3) is 3.52. The third-order valence-corrected chi connectivity index (χ3v) is 5.08. The molecule has 0 amide bonds. The van der Waals surface area contributed by atoms with E-state index < -0.39 is 14.0 Å². The van der Waals surface area contributed by atoms with Gasteiger partial charge in [0.1, 0.15) is 5.56 Å². The van der Waals surface area contributed by atoms with Crippen LogP contribution in [-0.4, -0.2) is 28.9 Å². The summed E-state index contributed by atoms with van der Waals surface area (Å²) in [6.45, 7) is 6.79. The maximum atomic E-state index is 11.5. The molecule has 1 aromatic carbocycles. The number of carboxylic acid groups (broad SMARTS) is 1. The van der Waals surface area contributed by atoms with Gasteiger partial charge in [0.15, 0.2) is 5.82 Å². The molecule has 1 aromatic heterocycles. The highest BCUT2D eigenvalue weighted by Crippen LogP contribution is 2.24. The van der Waals surface area contributed by atoms with Gasteiger partial charge in [-0.3, -0.25) is 0 Å². The summed E-state index contributed by atoms with van der Waals surface area (Å²) in [5, 5.41) is 13.6. The second-order valence-electron chi connectivity index (χ2n) is 6.32. The summed E-state index contributed by atoms with van der Waals surface area (Å²) < 4.78 is 1.67. The van der Waals surface area contributed by atoms with Crippen molar-refractivity contribution in [2.24, 2.45) is 0 Å². The van der Waals surface area contributed by atoms with Crippen LogP contribution in [0.15, 0.2) is 30.3 Å². The zero-order valence-corrected chi connectivity index (χ0v) is 13.6. The minimum atomic E-state index is -1.29. The van der Waals surface area contributed by atoms with Gasteiger partial charge < -0.3 is 10.8 Å². The van der Waals surface area contributed by atoms with Crippen LogP contribution in [0.1, 0.15) is 16.1 Å². The molecule has 0 saturated carbocycles. The molecule has 3 N–H and O–H groups in total. The summed E-state index contributed by atoms with van der Waals surface area (Å²) in [6, 6.07) is 10.5. The van der Waals surface area contributed by atoms with Gasteiger partial charge in [-0.2, -0.15) is 0 Å². The monoisotopic (exact) mass is 303 g/mol. The molecule has 0 saturated heterocycles. The maximum Gasteiger partial charge on any atom is 0.341 e. The van der Waals surface area contributed by atoms with Crippen LogP contribution in [0.25, 0.3) is 5.69 Å². The Morgan fingerprint density at radius 2 is 1.90 bits per heavy atom. The third-order valence-electron chi connectivity index (χ3n) is 3.33. The van der Waals surface area contributed by atoms with Gasteiger partial charge in [-0.15, -0.1) is 5.10 Å². The van der Waals surface area contributed by atoms with Crippen molar-refractivity contribution in [3.05, 3.63) is 41.6 Å². The van der Waals surface area contributed by atoms with Crippen molar-refractivity contribution in [3.63, 3.8) is 0 Å². The van der Waals surface area contributed by atoms with Crippen LogP contribution >= 0.6 is 0 Å². The molecule has 0 atom stereocenters. The number of carbonyl (C=O) groups is 1. The van der Waals surface area contributed by atoms with Crippen LogP contribution in [0.4, 0.5) is 5.82 Å². The number of para-hydroxylation sites is 1. The number of benzene rings is 1. The second kappa shape index (κ2) is 5.73. The molecule has 0 aliphatic rings. The number of nitrogens with two attached hydrogens (primary N) is 1. The Morgan fingerprint density at radius 3 is 2.43 bits per heavy atom. The van der Waals surface area contributed by atoms with E-state index in [-0.39, 0.29) is 11.4 Å². The smallest absolute Gasteiger partial charge is 0.341 e. The minimum Gasteiger partial charge on any atom is -0.477 e. The van der Waals surface area contributed by atoms with E-state index in [1.165, 1.54) is 0 Å². The van der Waals surface area contributed by atoms with Gasteiger partial charge in [0.05, 0.1) is 11.4 Å². The van der Waals surface area contributed by atoms with Crippen molar-refractivity contribution in [2.75, 3.05) is 5.73 Å². The molecule has 5 nitrogen and oxygen atoms in total. The largest absolute Gasteiger partial charge is 0.477 e. The van der Waals surface area contributed by atoms with Crippen molar-refractivity contribution < 1.29 is 9.90 Å². The number of carboxylic acids is 1. The second-order valence-corrected chi connectivity index (χ2v) is 11.9. The maximum absolute atomic E-state index is 11.5. The number of rotatable bonds is 5. The first kappa shape index (κ1) is 15.3. The number of anilines is 1. The molecule has 21 heavy (non-hydrogen) atoms. The van der Waals surface area contributed by atoms with Crippen LogP contribution < -0.4 is 5.73 Å². The Labute approximate surface area is 125 Å². The summed E-state index contributed by atoms with van der Waals surface area (Å²) >= 11 is 0. The Kier molecular flexibility index (Phi) is 4.18. The molecule has 1 heterocycles. The van der Waals surface area contributed by atoms with Gasteiger partial charge in [0, 0.05) is 8.07 Å². The highest BCUT2D eigenvalue weighted by Gasteiger charge is 2.24. The summed E-state index contributed by atoms with van der Waals surface area (Å²) in [5.41, 5.74) is 7.48. The predicted octanol–water partition coefficient (Wildman–Crippen LogP) is 3.03. The fourth-order valence-corrected chi connectivity index (χ4v) is 3.20. The molecule has 2 aromatic rings.